The monoisotopic (exact) mass is 501 g/mol. The first kappa shape index (κ1) is 24.9. The predicted molar refractivity (Wildman–Crippen MR) is 143 cm³/mol. The molecule has 1 N–H and O–H groups in total. The van der Waals surface area contributed by atoms with Gasteiger partial charge >= 0.3 is 0 Å². The van der Waals surface area contributed by atoms with E-state index in [9.17, 15) is 9.18 Å². The zero-order valence-corrected chi connectivity index (χ0v) is 21.5. The summed E-state index contributed by atoms with van der Waals surface area (Å²) < 4.78 is 22.2. The van der Waals surface area contributed by atoms with E-state index in [1.165, 1.54) is 6.07 Å². The van der Waals surface area contributed by atoms with Gasteiger partial charge in [-0.15, -0.1) is 0 Å². The Bertz CT molecular complexity index is 1430. The number of nitrogens with one attached hydrogen (secondary N) is 1. The Balaban J connectivity index is 1.26. The van der Waals surface area contributed by atoms with Crippen molar-refractivity contribution in [1.29, 1.82) is 0 Å². The van der Waals surface area contributed by atoms with Gasteiger partial charge in [-0.1, -0.05) is 13.0 Å². The number of ketones is 1. The Morgan fingerprint density at radius 3 is 2.70 bits per heavy atom. The fourth-order valence-electron chi connectivity index (χ4n) is 4.69. The van der Waals surface area contributed by atoms with E-state index in [2.05, 4.69) is 27.1 Å². The van der Waals surface area contributed by atoms with Gasteiger partial charge in [0.1, 0.15) is 17.3 Å². The number of rotatable bonds is 8. The first-order valence-corrected chi connectivity index (χ1v) is 12.7. The molecule has 7 nitrogen and oxygen atoms in total. The Labute approximate surface area is 216 Å². The van der Waals surface area contributed by atoms with Crippen LogP contribution in [0.5, 0.6) is 11.5 Å². The number of likely N-dealkylation sites (tertiary alicyclic amines) is 1. The van der Waals surface area contributed by atoms with Crippen molar-refractivity contribution in [1.82, 2.24) is 19.4 Å². The third kappa shape index (κ3) is 5.97. The van der Waals surface area contributed by atoms with Crippen molar-refractivity contribution in [2.45, 2.75) is 33.1 Å². The molecule has 2 aromatic carbocycles. The quantitative estimate of drug-likeness (QED) is 0.329. The molecule has 1 fully saturated rings. The number of hydrogen-bond acceptors (Lipinski definition) is 6. The number of pyridine rings is 1. The molecule has 0 radical (unpaired) electrons. The smallest absolute Gasteiger partial charge is 0.208 e. The van der Waals surface area contributed by atoms with Gasteiger partial charge in [-0.2, -0.15) is 0 Å². The van der Waals surface area contributed by atoms with E-state index in [4.69, 9.17) is 4.74 Å². The van der Waals surface area contributed by atoms with Crippen LogP contribution >= 0.6 is 0 Å². The number of imidazole rings is 1. The Hall–Kier alpha value is -3.78. The van der Waals surface area contributed by atoms with E-state index in [1.54, 1.807) is 24.4 Å². The van der Waals surface area contributed by atoms with Crippen molar-refractivity contribution < 1.29 is 13.9 Å². The first-order chi connectivity index (χ1) is 17.8. The topological polar surface area (TPSA) is 72.3 Å². The normalized spacial score (nSPS) is 14.7. The fourth-order valence-corrected chi connectivity index (χ4v) is 4.69. The summed E-state index contributed by atoms with van der Waals surface area (Å²) >= 11 is 0. The molecule has 0 saturated carbocycles. The summed E-state index contributed by atoms with van der Waals surface area (Å²) in [6.45, 7) is 6.62. The lowest BCUT2D eigenvalue weighted by Gasteiger charge is -2.29. The molecular weight excluding hydrogens is 469 g/mol. The molecule has 0 spiro atoms. The predicted octanol–water partition coefficient (Wildman–Crippen LogP) is 5.80. The maximum atomic E-state index is 14.2. The molecule has 37 heavy (non-hydrogen) atoms. The minimum Gasteiger partial charge on any atom is -0.457 e. The highest BCUT2D eigenvalue weighted by Crippen LogP contribution is 2.29. The zero-order chi connectivity index (χ0) is 25.9. The number of anilines is 2. The van der Waals surface area contributed by atoms with Gasteiger partial charge in [0.2, 0.25) is 5.95 Å². The number of nitrogens with zero attached hydrogens (tertiary/aromatic N) is 4. The third-order valence-corrected chi connectivity index (χ3v) is 6.90. The maximum absolute atomic E-state index is 14.2. The van der Waals surface area contributed by atoms with Crippen LogP contribution in [0.15, 0.2) is 54.7 Å². The molecule has 2 aromatic heterocycles. The summed E-state index contributed by atoms with van der Waals surface area (Å²) in [4.78, 5) is 23.9. The Morgan fingerprint density at radius 1 is 1.11 bits per heavy atom. The second-order valence-electron chi connectivity index (χ2n) is 10.0. The average molecular weight is 502 g/mol. The van der Waals surface area contributed by atoms with Gasteiger partial charge in [-0.25, -0.2) is 9.37 Å². The molecule has 3 heterocycles. The molecule has 0 atom stereocenters. The SMILES string of the molecule is Cc1ccc(F)c(Nc2nc3cc(Oc4ccnc(CC(=O)CN5CCC(C)CC5)c4)ccc3n2C)c1. The highest BCUT2D eigenvalue weighted by atomic mass is 19.1. The standard InChI is InChI=1S/C29H32FN5O2/c1-19-9-12-35(13-10-19)18-22(36)15-21-16-24(8-11-31-21)37-23-5-7-28-27(17-23)33-29(34(28)3)32-26-14-20(2)4-6-25(26)30/h4-8,11,14,16-17,19H,9-10,12-13,15,18H2,1-3H3,(H,32,33). The molecule has 1 saturated heterocycles. The van der Waals surface area contributed by atoms with E-state index in [1.807, 2.05) is 42.8 Å². The van der Waals surface area contributed by atoms with Crippen LogP contribution in [-0.4, -0.2) is 44.9 Å². The molecule has 192 valence electrons. The number of Topliss-reactive ketones (excluding diaryl/α,β-unsaturated/α-hetero) is 1. The van der Waals surface area contributed by atoms with Crippen LogP contribution in [0, 0.1) is 18.7 Å². The summed E-state index contributed by atoms with van der Waals surface area (Å²) in [5.41, 5.74) is 3.63. The molecule has 5 rings (SSSR count). The summed E-state index contributed by atoms with van der Waals surface area (Å²) in [5, 5.41) is 3.09. The lowest BCUT2D eigenvalue weighted by atomic mass is 9.99. The summed E-state index contributed by atoms with van der Waals surface area (Å²) in [6.07, 6.45) is 4.25. The van der Waals surface area contributed by atoms with Crippen LogP contribution in [0.2, 0.25) is 0 Å². The second-order valence-corrected chi connectivity index (χ2v) is 10.0. The zero-order valence-electron chi connectivity index (χ0n) is 21.5. The number of piperidine rings is 1. The number of halogens is 1. The number of aromatic nitrogens is 3. The summed E-state index contributed by atoms with van der Waals surface area (Å²) in [6, 6.07) is 14.1. The molecule has 0 amide bonds. The highest BCUT2D eigenvalue weighted by molar-refractivity contribution is 5.83. The van der Waals surface area contributed by atoms with Crippen molar-refractivity contribution in [3.63, 3.8) is 0 Å². The van der Waals surface area contributed by atoms with Gasteiger partial charge in [0.15, 0.2) is 5.78 Å². The largest absolute Gasteiger partial charge is 0.457 e. The van der Waals surface area contributed by atoms with Crippen LogP contribution in [0.3, 0.4) is 0 Å². The van der Waals surface area contributed by atoms with Gasteiger partial charge in [-0.3, -0.25) is 14.7 Å². The minimum absolute atomic E-state index is 0.166. The van der Waals surface area contributed by atoms with Gasteiger partial charge < -0.3 is 14.6 Å². The Kier molecular flexibility index (Phi) is 7.19. The lowest BCUT2D eigenvalue weighted by molar-refractivity contribution is -0.119. The number of carbonyl (C=O) groups excluding carboxylic acids is 1. The number of carbonyl (C=O) groups is 1. The molecule has 1 aliphatic heterocycles. The molecule has 0 aliphatic carbocycles. The average Bonchev–Trinajstić information content (AvgIpc) is 3.17. The molecule has 8 heteroatoms. The van der Waals surface area contributed by atoms with Crippen molar-refractivity contribution >= 4 is 28.5 Å². The maximum Gasteiger partial charge on any atom is 0.208 e. The van der Waals surface area contributed by atoms with Gasteiger partial charge in [0.25, 0.3) is 0 Å². The number of hydrogen-bond donors (Lipinski definition) is 1. The summed E-state index contributed by atoms with van der Waals surface area (Å²) in [5.74, 6) is 2.33. The number of ether oxygens (including phenoxy) is 1. The van der Waals surface area contributed by atoms with Gasteiger partial charge in [0.05, 0.1) is 35.4 Å². The Morgan fingerprint density at radius 2 is 1.89 bits per heavy atom. The number of benzene rings is 2. The van der Waals surface area contributed by atoms with E-state index in [0.717, 1.165) is 48.4 Å². The van der Waals surface area contributed by atoms with E-state index in [0.29, 0.717) is 35.4 Å². The van der Waals surface area contributed by atoms with Crippen LogP contribution in [0.25, 0.3) is 11.0 Å². The minimum atomic E-state index is -0.334. The molecule has 0 unspecified atom stereocenters. The summed E-state index contributed by atoms with van der Waals surface area (Å²) in [7, 11) is 1.88. The fraction of sp³-hybridized carbons (Fsp3) is 0.345. The van der Waals surface area contributed by atoms with Crippen molar-refractivity contribution in [3.8, 4) is 11.5 Å². The van der Waals surface area contributed by atoms with E-state index in [-0.39, 0.29) is 18.0 Å². The number of aryl methyl sites for hydroxylation is 2. The van der Waals surface area contributed by atoms with E-state index < -0.39 is 0 Å². The van der Waals surface area contributed by atoms with Crippen molar-refractivity contribution in [3.05, 3.63) is 71.8 Å². The van der Waals surface area contributed by atoms with Crippen molar-refractivity contribution in [2.75, 3.05) is 25.0 Å². The molecule has 1 aliphatic rings. The van der Waals surface area contributed by atoms with Crippen LogP contribution in [0.4, 0.5) is 16.0 Å². The molecule has 4 aromatic rings. The molecular formula is C29H32FN5O2. The van der Waals surface area contributed by atoms with Crippen molar-refractivity contribution in [2.24, 2.45) is 13.0 Å². The van der Waals surface area contributed by atoms with Gasteiger partial charge in [-0.05, 0) is 74.7 Å². The third-order valence-electron chi connectivity index (χ3n) is 6.90. The number of fused-ring (bicyclic) bond motifs is 1. The van der Waals surface area contributed by atoms with Crippen LogP contribution < -0.4 is 10.1 Å². The van der Waals surface area contributed by atoms with Gasteiger partial charge in [0, 0.05) is 25.4 Å². The lowest BCUT2D eigenvalue weighted by Crippen LogP contribution is -2.37. The van der Waals surface area contributed by atoms with Crippen LogP contribution in [-0.2, 0) is 18.3 Å². The first-order valence-electron chi connectivity index (χ1n) is 12.7. The highest BCUT2D eigenvalue weighted by Gasteiger charge is 2.18. The second kappa shape index (κ2) is 10.7. The molecule has 0 bridgehead atoms. The van der Waals surface area contributed by atoms with Crippen LogP contribution in [0.1, 0.15) is 31.0 Å². The van der Waals surface area contributed by atoms with E-state index >= 15 is 0 Å².